The third-order valence-electron chi connectivity index (χ3n) is 9.02. The molecule has 1 N–H and O–H groups in total. The van der Waals surface area contributed by atoms with Crippen molar-refractivity contribution in [2.45, 2.75) is 111 Å². The van der Waals surface area contributed by atoms with Crippen molar-refractivity contribution in [3.05, 3.63) is 0 Å². The van der Waals surface area contributed by atoms with Crippen molar-refractivity contribution < 1.29 is 33.8 Å². The lowest BCUT2D eigenvalue weighted by Crippen LogP contribution is -2.40. The molecule has 4 fully saturated rings. The first kappa shape index (κ1) is 28.6. The number of carboxylic acids is 1. The molecule has 4 rings (SSSR count). The molecule has 0 aromatic heterocycles. The second kappa shape index (κ2) is 12.1. The molecule has 0 amide bonds. The molecule has 0 aromatic carbocycles. The van der Waals surface area contributed by atoms with E-state index >= 15 is 0 Å². The van der Waals surface area contributed by atoms with E-state index in [0.717, 1.165) is 24.2 Å². The van der Waals surface area contributed by atoms with Gasteiger partial charge >= 0.3 is 23.9 Å². The summed E-state index contributed by atoms with van der Waals surface area (Å²) in [6.45, 7) is 9.22. The molecule has 7 heteroatoms. The van der Waals surface area contributed by atoms with Crippen LogP contribution >= 0.6 is 0 Å². The minimum atomic E-state index is -0.949. The Morgan fingerprint density at radius 1 is 0.972 bits per heavy atom. The predicted molar refractivity (Wildman–Crippen MR) is 135 cm³/mol. The number of carbonyl (C=O) groups excluding carboxylic acids is 3. The molecule has 4 aliphatic rings. The summed E-state index contributed by atoms with van der Waals surface area (Å²) < 4.78 is 10.6. The highest BCUT2D eigenvalue weighted by Crippen LogP contribution is 2.52. The first-order valence-corrected chi connectivity index (χ1v) is 14.1. The summed E-state index contributed by atoms with van der Waals surface area (Å²) in [7, 11) is 0. The first-order chi connectivity index (χ1) is 16.9. The van der Waals surface area contributed by atoms with Gasteiger partial charge in [0.05, 0.1) is 23.7 Å². The van der Waals surface area contributed by atoms with Gasteiger partial charge in [-0.25, -0.2) is 0 Å². The lowest BCUT2D eigenvalue weighted by atomic mass is 9.56. The smallest absolute Gasteiger partial charge is 0.317 e. The summed E-state index contributed by atoms with van der Waals surface area (Å²) in [5, 5.41) is 9.33. The summed E-state index contributed by atoms with van der Waals surface area (Å²) in [5.74, 6) is -1.40. The van der Waals surface area contributed by atoms with E-state index in [9.17, 15) is 24.3 Å². The van der Waals surface area contributed by atoms with Crippen LogP contribution in [0.4, 0.5) is 0 Å². The fourth-order valence-electron chi connectivity index (χ4n) is 7.20. The number of ether oxygens (including phenoxy) is 2. The van der Waals surface area contributed by atoms with Crippen molar-refractivity contribution >= 4 is 23.9 Å². The van der Waals surface area contributed by atoms with Gasteiger partial charge in [0.15, 0.2) is 0 Å². The summed E-state index contributed by atoms with van der Waals surface area (Å²) in [4.78, 5) is 49.3. The summed E-state index contributed by atoms with van der Waals surface area (Å²) in [5.41, 5.74) is -0.663. The van der Waals surface area contributed by atoms with E-state index < -0.39 is 53.1 Å². The maximum atomic E-state index is 12.8. The lowest BCUT2D eigenvalue weighted by Gasteiger charge is -2.49. The van der Waals surface area contributed by atoms with E-state index in [4.69, 9.17) is 9.47 Å². The maximum absolute atomic E-state index is 12.8. The van der Waals surface area contributed by atoms with Gasteiger partial charge in [-0.3, -0.25) is 19.2 Å². The van der Waals surface area contributed by atoms with Crippen molar-refractivity contribution in [3.8, 4) is 0 Å². The molecule has 0 spiro atoms. The van der Waals surface area contributed by atoms with Crippen LogP contribution in [0.2, 0.25) is 0 Å². The number of carbonyl (C=O) groups is 4. The van der Waals surface area contributed by atoms with Crippen molar-refractivity contribution in [2.24, 2.45) is 47.3 Å². The van der Waals surface area contributed by atoms with Gasteiger partial charge in [-0.05, 0) is 102 Å². The number of carboxylic acid groups (broad SMARTS) is 1. The standard InChI is InChI=1S/C29H46O7/c1-6-21-18-10-12-19(13-11-18)22(21)14-15-24-23(27(33)35-28(24)34)9-7-8-20(16-17(2)25(30)31)26(32)36-29(3,4)5/h17-24H,6-16H2,1-5H3,(H,30,31). The lowest BCUT2D eigenvalue weighted by molar-refractivity contribution is -0.161. The van der Waals surface area contributed by atoms with Gasteiger partial charge in [-0.2, -0.15) is 0 Å². The van der Waals surface area contributed by atoms with E-state index in [1.807, 2.05) is 0 Å². The molecule has 2 bridgehead atoms. The number of rotatable bonds is 12. The van der Waals surface area contributed by atoms with Crippen LogP contribution in [-0.4, -0.2) is 34.6 Å². The fraction of sp³-hybridized carbons (Fsp3) is 0.862. The third kappa shape index (κ3) is 7.10. The zero-order valence-electron chi connectivity index (χ0n) is 22.8. The van der Waals surface area contributed by atoms with Crippen LogP contribution in [0.3, 0.4) is 0 Å². The molecular weight excluding hydrogens is 460 g/mol. The number of hydrogen-bond acceptors (Lipinski definition) is 6. The molecule has 3 aliphatic carbocycles. The highest BCUT2D eigenvalue weighted by molar-refractivity contribution is 5.96. The summed E-state index contributed by atoms with van der Waals surface area (Å²) >= 11 is 0. The third-order valence-corrected chi connectivity index (χ3v) is 9.02. The Morgan fingerprint density at radius 3 is 2.06 bits per heavy atom. The maximum Gasteiger partial charge on any atom is 0.317 e. The van der Waals surface area contributed by atoms with E-state index in [1.165, 1.54) is 32.1 Å². The van der Waals surface area contributed by atoms with Crippen molar-refractivity contribution in [1.29, 1.82) is 0 Å². The molecule has 1 aliphatic heterocycles. The second-order valence-corrected chi connectivity index (χ2v) is 12.6. The Hall–Kier alpha value is -1.92. The normalized spacial score (nSPS) is 31.7. The SMILES string of the molecule is CCC1C2CCC(CC2)C1CCC1C(=O)OC(=O)C1CCCC(CC(C)C(=O)O)C(=O)OC(C)(C)C. The molecule has 1 heterocycles. The van der Waals surface area contributed by atoms with Crippen LogP contribution < -0.4 is 0 Å². The number of aliphatic carboxylic acids is 1. The minimum Gasteiger partial charge on any atom is -0.481 e. The molecular formula is C29H46O7. The van der Waals surface area contributed by atoms with E-state index in [2.05, 4.69) is 6.92 Å². The van der Waals surface area contributed by atoms with Crippen molar-refractivity contribution in [1.82, 2.24) is 0 Å². The largest absolute Gasteiger partial charge is 0.481 e. The van der Waals surface area contributed by atoms with Gasteiger partial charge in [0.2, 0.25) is 0 Å². The number of hydrogen-bond donors (Lipinski definition) is 1. The molecule has 1 saturated heterocycles. The Balaban J connectivity index is 1.59. The van der Waals surface area contributed by atoms with Crippen LogP contribution in [0, 0.1) is 47.3 Å². The van der Waals surface area contributed by atoms with Crippen LogP contribution in [0.5, 0.6) is 0 Å². The number of fused-ring (bicyclic) bond motifs is 3. The second-order valence-electron chi connectivity index (χ2n) is 12.6. The Morgan fingerprint density at radius 2 is 1.53 bits per heavy atom. The molecule has 0 radical (unpaired) electrons. The molecule has 0 aromatic rings. The van der Waals surface area contributed by atoms with Crippen LogP contribution in [0.25, 0.3) is 0 Å². The van der Waals surface area contributed by atoms with Crippen molar-refractivity contribution in [3.63, 3.8) is 0 Å². The minimum absolute atomic E-state index is 0.185. The first-order valence-electron chi connectivity index (χ1n) is 14.1. The Bertz CT molecular complexity index is 805. The van der Waals surface area contributed by atoms with Gasteiger partial charge in [0.1, 0.15) is 5.60 Å². The molecule has 7 nitrogen and oxygen atoms in total. The van der Waals surface area contributed by atoms with Gasteiger partial charge in [-0.15, -0.1) is 0 Å². The highest BCUT2D eigenvalue weighted by Gasteiger charge is 2.46. The van der Waals surface area contributed by atoms with Gasteiger partial charge < -0.3 is 14.6 Å². The van der Waals surface area contributed by atoms with E-state index in [0.29, 0.717) is 31.6 Å². The Labute approximate surface area is 216 Å². The van der Waals surface area contributed by atoms with Crippen LogP contribution in [0.15, 0.2) is 0 Å². The number of esters is 3. The van der Waals surface area contributed by atoms with Gasteiger partial charge in [0, 0.05) is 0 Å². The average molecular weight is 507 g/mol. The van der Waals surface area contributed by atoms with Crippen LogP contribution in [-0.2, 0) is 28.7 Å². The van der Waals surface area contributed by atoms with Gasteiger partial charge in [-0.1, -0.05) is 26.7 Å². The predicted octanol–water partition coefficient (Wildman–Crippen LogP) is 5.78. The zero-order chi connectivity index (χ0) is 26.6. The van der Waals surface area contributed by atoms with Crippen molar-refractivity contribution in [2.75, 3.05) is 0 Å². The molecule has 6 unspecified atom stereocenters. The zero-order valence-corrected chi connectivity index (χ0v) is 22.8. The van der Waals surface area contributed by atoms with Gasteiger partial charge in [0.25, 0.3) is 0 Å². The van der Waals surface area contributed by atoms with E-state index in [-0.39, 0.29) is 6.42 Å². The molecule has 204 valence electrons. The summed E-state index contributed by atoms with van der Waals surface area (Å²) in [6.07, 6.45) is 9.71. The quantitative estimate of drug-likeness (QED) is 0.264. The summed E-state index contributed by atoms with van der Waals surface area (Å²) in [6, 6.07) is 0. The molecule has 36 heavy (non-hydrogen) atoms. The van der Waals surface area contributed by atoms with Crippen LogP contribution in [0.1, 0.15) is 105 Å². The fourth-order valence-corrected chi connectivity index (χ4v) is 7.20. The Kier molecular flexibility index (Phi) is 9.62. The molecule has 3 saturated carbocycles. The monoisotopic (exact) mass is 506 g/mol. The molecule has 6 atom stereocenters. The number of cyclic esters (lactones) is 2. The highest BCUT2D eigenvalue weighted by atomic mass is 16.6. The topological polar surface area (TPSA) is 107 Å². The average Bonchev–Trinajstić information content (AvgIpc) is 3.07. The van der Waals surface area contributed by atoms with E-state index in [1.54, 1.807) is 27.7 Å².